The number of allylic oxidation sites excluding steroid dienone is 1. The van der Waals surface area contributed by atoms with E-state index in [-0.39, 0.29) is 30.3 Å². The molecule has 2 amide bonds. The molecule has 188 valence electrons. The van der Waals surface area contributed by atoms with Gasteiger partial charge in [-0.2, -0.15) is 4.99 Å². The van der Waals surface area contributed by atoms with Crippen LogP contribution in [0.4, 0.5) is 9.18 Å². The Balaban J connectivity index is 1.58. The highest BCUT2D eigenvalue weighted by molar-refractivity contribution is 6.10. The summed E-state index contributed by atoms with van der Waals surface area (Å²) in [6.45, 7) is 0.0549. The van der Waals surface area contributed by atoms with Crippen molar-refractivity contribution in [3.05, 3.63) is 149 Å². The van der Waals surface area contributed by atoms with Crippen molar-refractivity contribution in [1.82, 2.24) is 4.90 Å². The summed E-state index contributed by atoms with van der Waals surface area (Å²) in [5, 5.41) is 0. The third kappa shape index (κ3) is 5.60. The fourth-order valence-corrected chi connectivity index (χ4v) is 4.44. The molecule has 0 aromatic heterocycles. The monoisotopic (exact) mass is 504 g/mol. The molecule has 1 saturated heterocycles. The first-order valence-electron chi connectivity index (χ1n) is 12.3. The van der Waals surface area contributed by atoms with Crippen LogP contribution < -0.4 is 0 Å². The lowest BCUT2D eigenvalue weighted by molar-refractivity contribution is 0.0997. The Hall–Kier alpha value is -4.84. The zero-order valence-corrected chi connectivity index (χ0v) is 20.5. The molecule has 1 heterocycles. The second-order valence-corrected chi connectivity index (χ2v) is 8.84. The molecule has 38 heavy (non-hydrogen) atoms. The number of carbonyl (C=O) groups is 2. The van der Waals surface area contributed by atoms with Gasteiger partial charge in [0.15, 0.2) is 0 Å². The molecular formula is C32H25FN2O3. The van der Waals surface area contributed by atoms with Crippen LogP contribution in [-0.2, 0) is 11.3 Å². The minimum Gasteiger partial charge on any atom is -0.444 e. The highest BCUT2D eigenvalue weighted by Crippen LogP contribution is 2.40. The first-order chi connectivity index (χ1) is 18.6. The van der Waals surface area contributed by atoms with E-state index < -0.39 is 17.8 Å². The van der Waals surface area contributed by atoms with Gasteiger partial charge in [0.2, 0.25) is 0 Å². The smallest absolute Gasteiger partial charge is 0.420 e. The molecule has 4 aromatic carbocycles. The van der Waals surface area contributed by atoms with Crippen molar-refractivity contribution in [2.45, 2.75) is 18.9 Å². The summed E-state index contributed by atoms with van der Waals surface area (Å²) in [7, 11) is 0. The lowest BCUT2D eigenvalue weighted by Crippen LogP contribution is -2.32. The SMILES string of the molecule is O=C(/N=C1/CC(c2ccccc2)/C(=C/c2ccccc2)N1C(=O)OCc1ccccc1)c1ccccc1F. The van der Waals surface area contributed by atoms with Crippen molar-refractivity contribution in [2.24, 2.45) is 4.99 Å². The molecular weight excluding hydrogens is 479 g/mol. The van der Waals surface area contributed by atoms with Crippen molar-refractivity contribution >= 4 is 23.9 Å². The topological polar surface area (TPSA) is 59.0 Å². The molecule has 0 radical (unpaired) electrons. The minimum absolute atomic E-state index is 0.0549. The van der Waals surface area contributed by atoms with Crippen LogP contribution in [0.5, 0.6) is 0 Å². The fraction of sp³-hybridized carbons (Fsp3) is 0.0938. The summed E-state index contributed by atoms with van der Waals surface area (Å²) in [6.07, 6.45) is 1.51. The molecule has 0 saturated carbocycles. The van der Waals surface area contributed by atoms with E-state index >= 15 is 0 Å². The Morgan fingerprint density at radius 2 is 1.45 bits per heavy atom. The first kappa shape index (κ1) is 24.8. The van der Waals surface area contributed by atoms with Gasteiger partial charge < -0.3 is 4.74 Å². The number of benzene rings is 4. The highest BCUT2D eigenvalue weighted by Gasteiger charge is 2.40. The van der Waals surface area contributed by atoms with Crippen molar-refractivity contribution in [1.29, 1.82) is 0 Å². The van der Waals surface area contributed by atoms with Gasteiger partial charge in [0.05, 0.1) is 5.56 Å². The van der Waals surface area contributed by atoms with Crippen molar-refractivity contribution in [3.63, 3.8) is 0 Å². The molecule has 6 heteroatoms. The quantitative estimate of drug-likeness (QED) is 0.288. The van der Waals surface area contributed by atoms with Gasteiger partial charge in [-0.05, 0) is 34.9 Å². The largest absolute Gasteiger partial charge is 0.444 e. The zero-order chi connectivity index (χ0) is 26.3. The summed E-state index contributed by atoms with van der Waals surface area (Å²) < 4.78 is 20.1. The van der Waals surface area contributed by atoms with Gasteiger partial charge in [0, 0.05) is 18.0 Å². The molecule has 0 aliphatic carbocycles. The van der Waals surface area contributed by atoms with Gasteiger partial charge in [-0.1, -0.05) is 103 Å². The Bertz CT molecular complexity index is 1490. The maximum atomic E-state index is 14.4. The number of carbonyl (C=O) groups excluding carboxylic acids is 2. The molecule has 5 nitrogen and oxygen atoms in total. The zero-order valence-electron chi connectivity index (χ0n) is 20.5. The predicted octanol–water partition coefficient (Wildman–Crippen LogP) is 7.23. The number of amides is 2. The summed E-state index contributed by atoms with van der Waals surface area (Å²) in [5.74, 6) is -1.50. The fourth-order valence-electron chi connectivity index (χ4n) is 4.44. The predicted molar refractivity (Wildman–Crippen MR) is 145 cm³/mol. The van der Waals surface area contributed by atoms with E-state index in [1.807, 2.05) is 97.1 Å². The average Bonchev–Trinajstić information content (AvgIpc) is 3.30. The van der Waals surface area contributed by atoms with Crippen molar-refractivity contribution in [3.8, 4) is 0 Å². The molecule has 1 atom stereocenters. The van der Waals surface area contributed by atoms with Crippen LogP contribution in [0, 0.1) is 5.82 Å². The third-order valence-corrected chi connectivity index (χ3v) is 6.30. The van der Waals surface area contributed by atoms with E-state index in [0.29, 0.717) is 5.70 Å². The van der Waals surface area contributed by atoms with E-state index in [2.05, 4.69) is 4.99 Å². The number of likely N-dealkylation sites (tertiary alicyclic amines) is 1. The van der Waals surface area contributed by atoms with E-state index in [1.165, 1.54) is 23.1 Å². The van der Waals surface area contributed by atoms with Crippen LogP contribution in [0.15, 0.2) is 126 Å². The van der Waals surface area contributed by atoms with Crippen LogP contribution in [0.3, 0.4) is 0 Å². The van der Waals surface area contributed by atoms with Gasteiger partial charge in [0.25, 0.3) is 5.91 Å². The highest BCUT2D eigenvalue weighted by atomic mass is 19.1. The Kier molecular flexibility index (Phi) is 7.50. The molecule has 1 unspecified atom stereocenters. The van der Waals surface area contributed by atoms with E-state index in [1.54, 1.807) is 6.07 Å². The Labute approximate surface area is 220 Å². The van der Waals surface area contributed by atoms with E-state index in [0.717, 1.165) is 16.7 Å². The molecule has 5 rings (SSSR count). The third-order valence-electron chi connectivity index (χ3n) is 6.30. The van der Waals surface area contributed by atoms with Gasteiger partial charge in [-0.25, -0.2) is 14.1 Å². The van der Waals surface area contributed by atoms with Gasteiger partial charge in [-0.3, -0.25) is 4.79 Å². The summed E-state index contributed by atoms with van der Waals surface area (Å²) in [6, 6.07) is 34.3. The number of nitrogens with zero attached hydrogens (tertiary/aromatic N) is 2. The first-order valence-corrected chi connectivity index (χ1v) is 12.3. The number of ether oxygens (including phenoxy) is 1. The van der Waals surface area contributed by atoms with Crippen LogP contribution in [0.1, 0.15) is 39.4 Å². The molecule has 4 aromatic rings. The Morgan fingerprint density at radius 3 is 2.13 bits per heavy atom. The molecule has 1 aliphatic heterocycles. The maximum Gasteiger partial charge on any atom is 0.420 e. The van der Waals surface area contributed by atoms with Crippen LogP contribution in [-0.4, -0.2) is 22.7 Å². The minimum atomic E-state index is -0.758. The molecule has 0 bridgehead atoms. The van der Waals surface area contributed by atoms with Crippen molar-refractivity contribution < 1.29 is 18.7 Å². The second-order valence-electron chi connectivity index (χ2n) is 8.84. The molecule has 1 fully saturated rings. The normalized spacial score (nSPS) is 17.1. The van der Waals surface area contributed by atoms with Gasteiger partial charge in [-0.15, -0.1) is 0 Å². The summed E-state index contributed by atoms with van der Waals surface area (Å²) in [5.41, 5.74) is 3.13. The summed E-state index contributed by atoms with van der Waals surface area (Å²) in [4.78, 5) is 32.2. The lowest BCUT2D eigenvalue weighted by Gasteiger charge is -2.21. The summed E-state index contributed by atoms with van der Waals surface area (Å²) >= 11 is 0. The van der Waals surface area contributed by atoms with Crippen molar-refractivity contribution in [2.75, 3.05) is 0 Å². The van der Waals surface area contributed by atoms with Crippen LogP contribution in [0.25, 0.3) is 6.08 Å². The maximum absolute atomic E-state index is 14.4. The van der Waals surface area contributed by atoms with Gasteiger partial charge >= 0.3 is 6.09 Å². The number of rotatable bonds is 5. The Morgan fingerprint density at radius 1 is 0.842 bits per heavy atom. The van der Waals surface area contributed by atoms with Crippen LogP contribution >= 0.6 is 0 Å². The molecule has 1 aliphatic rings. The molecule has 0 N–H and O–H groups in total. The number of halogens is 1. The number of hydrogen-bond acceptors (Lipinski definition) is 3. The van der Waals surface area contributed by atoms with Crippen LogP contribution in [0.2, 0.25) is 0 Å². The van der Waals surface area contributed by atoms with E-state index in [9.17, 15) is 14.0 Å². The number of amidine groups is 1. The van der Waals surface area contributed by atoms with Gasteiger partial charge in [0.1, 0.15) is 18.3 Å². The lowest BCUT2D eigenvalue weighted by atomic mass is 9.94. The number of hydrogen-bond donors (Lipinski definition) is 0. The standard InChI is InChI=1S/C32H25FN2O3/c33-28-19-11-10-18-26(28)31(36)34-30-21-27(25-16-8-3-9-17-25)29(20-23-12-4-1-5-13-23)35(30)32(37)38-22-24-14-6-2-7-15-24/h1-20,27H,21-22H2/b29-20-,34-30-. The average molecular weight is 505 g/mol. The molecule has 0 spiro atoms. The van der Waals surface area contributed by atoms with E-state index in [4.69, 9.17) is 4.74 Å². The number of aliphatic imine (C=N–C) groups is 1. The second kappa shape index (κ2) is 11.5.